The molecular formula is C28H32N4O6. The molecule has 0 radical (unpaired) electrons. The number of benzene rings is 2. The fourth-order valence-electron chi connectivity index (χ4n) is 4.75. The lowest BCUT2D eigenvalue weighted by Gasteiger charge is -2.39. The normalized spacial score (nSPS) is 18.0. The number of carboxylic acids is 1. The summed E-state index contributed by atoms with van der Waals surface area (Å²) in [5.41, 5.74) is 1.61. The van der Waals surface area contributed by atoms with Crippen LogP contribution >= 0.6 is 0 Å². The third-order valence-electron chi connectivity index (χ3n) is 6.36. The van der Waals surface area contributed by atoms with Crippen molar-refractivity contribution in [1.29, 1.82) is 0 Å². The minimum absolute atomic E-state index is 0.0524. The molecule has 0 saturated heterocycles. The van der Waals surface area contributed by atoms with Crippen molar-refractivity contribution in [3.05, 3.63) is 83.2 Å². The number of aromatic nitrogens is 2. The summed E-state index contributed by atoms with van der Waals surface area (Å²) in [5, 5.41) is 13.8. The molecule has 38 heavy (non-hydrogen) atoms. The van der Waals surface area contributed by atoms with Gasteiger partial charge in [-0.2, -0.15) is 0 Å². The standard InChI is InChI=1S/C28H32N4O6/c1-19-17-20(2)31-27(30-19)38-25(26(34)35)28(21-9-5-4-6-10-21)22-11-7-8-12-23(22)32(24(33)18-29-28)13-14-37-16-15-36-3/h4-12,17,25,29H,13-16,18H2,1-3H3,(H,34,35). The van der Waals surface area contributed by atoms with Crippen LogP contribution in [0.5, 0.6) is 6.01 Å². The van der Waals surface area contributed by atoms with E-state index in [4.69, 9.17) is 14.2 Å². The average molecular weight is 521 g/mol. The van der Waals surface area contributed by atoms with Gasteiger partial charge >= 0.3 is 12.0 Å². The van der Waals surface area contributed by atoms with E-state index in [1.807, 2.05) is 48.5 Å². The summed E-state index contributed by atoms with van der Waals surface area (Å²) >= 11 is 0. The molecule has 0 fully saturated rings. The van der Waals surface area contributed by atoms with Gasteiger partial charge in [-0.3, -0.25) is 10.1 Å². The number of amides is 1. The quantitative estimate of drug-likeness (QED) is 0.367. The first kappa shape index (κ1) is 27.2. The zero-order chi connectivity index (χ0) is 27.1. The summed E-state index contributed by atoms with van der Waals surface area (Å²) in [5.74, 6) is -1.46. The molecule has 10 nitrogen and oxygen atoms in total. The van der Waals surface area contributed by atoms with E-state index < -0.39 is 17.6 Å². The van der Waals surface area contributed by atoms with Gasteiger partial charge in [0.1, 0.15) is 5.54 Å². The Labute approximate surface area is 221 Å². The Kier molecular flexibility index (Phi) is 8.67. The van der Waals surface area contributed by atoms with Crippen LogP contribution in [0.1, 0.15) is 22.5 Å². The van der Waals surface area contributed by atoms with E-state index in [-0.39, 0.29) is 31.6 Å². The number of hydrogen-bond donors (Lipinski definition) is 2. The molecule has 2 atom stereocenters. The number of hydrogen-bond acceptors (Lipinski definition) is 8. The Morgan fingerprint density at radius 1 is 1.05 bits per heavy atom. The molecule has 1 amide bonds. The Morgan fingerprint density at radius 3 is 2.42 bits per heavy atom. The predicted molar refractivity (Wildman–Crippen MR) is 140 cm³/mol. The van der Waals surface area contributed by atoms with Crippen molar-refractivity contribution >= 4 is 17.6 Å². The largest absolute Gasteiger partial charge is 0.478 e. The highest BCUT2D eigenvalue weighted by atomic mass is 16.5. The molecule has 200 valence electrons. The smallest absolute Gasteiger partial charge is 0.347 e. The fourth-order valence-corrected chi connectivity index (χ4v) is 4.75. The van der Waals surface area contributed by atoms with Crippen LogP contribution in [0.4, 0.5) is 5.69 Å². The summed E-state index contributed by atoms with van der Waals surface area (Å²) in [6.07, 6.45) is -1.52. The maximum absolute atomic E-state index is 13.4. The van der Waals surface area contributed by atoms with Gasteiger partial charge in [0.15, 0.2) is 0 Å². The molecule has 4 rings (SSSR count). The molecule has 2 aromatic carbocycles. The van der Waals surface area contributed by atoms with Crippen LogP contribution < -0.4 is 15.0 Å². The Balaban J connectivity index is 1.85. The lowest BCUT2D eigenvalue weighted by Crippen LogP contribution is -2.58. The number of rotatable bonds is 11. The van der Waals surface area contributed by atoms with Crippen LogP contribution in [0.3, 0.4) is 0 Å². The molecule has 1 aromatic heterocycles. The zero-order valence-corrected chi connectivity index (χ0v) is 21.7. The lowest BCUT2D eigenvalue weighted by atomic mass is 9.77. The topological polar surface area (TPSA) is 123 Å². The Hall–Kier alpha value is -3.86. The molecule has 0 spiro atoms. The second-order valence-corrected chi connectivity index (χ2v) is 8.96. The van der Waals surface area contributed by atoms with Gasteiger partial charge in [0.2, 0.25) is 12.0 Å². The minimum Gasteiger partial charge on any atom is -0.478 e. The van der Waals surface area contributed by atoms with Gasteiger partial charge in [-0.15, -0.1) is 0 Å². The Morgan fingerprint density at radius 2 is 1.74 bits per heavy atom. The third-order valence-corrected chi connectivity index (χ3v) is 6.36. The van der Waals surface area contributed by atoms with Gasteiger partial charge in [-0.25, -0.2) is 14.8 Å². The van der Waals surface area contributed by atoms with Crippen LogP contribution in [0, 0.1) is 13.8 Å². The van der Waals surface area contributed by atoms with Gasteiger partial charge < -0.3 is 24.2 Å². The SMILES string of the molecule is COCCOCCN1C(=O)CNC(c2ccccc2)(C(Oc2nc(C)cc(C)n2)C(=O)O)c2ccccc21. The average Bonchev–Trinajstić information content (AvgIpc) is 3.02. The molecule has 2 heterocycles. The van der Waals surface area contributed by atoms with Crippen molar-refractivity contribution in [3.8, 4) is 6.01 Å². The van der Waals surface area contributed by atoms with Crippen LogP contribution in [-0.4, -0.2) is 73.1 Å². The monoisotopic (exact) mass is 520 g/mol. The second-order valence-electron chi connectivity index (χ2n) is 8.96. The number of carboxylic acid groups (broad SMARTS) is 1. The van der Waals surface area contributed by atoms with Gasteiger partial charge in [-0.1, -0.05) is 48.5 Å². The van der Waals surface area contributed by atoms with Gasteiger partial charge in [-0.05, 0) is 31.5 Å². The molecule has 0 bridgehead atoms. The first-order valence-electron chi connectivity index (χ1n) is 12.4. The molecule has 10 heteroatoms. The van der Waals surface area contributed by atoms with Gasteiger partial charge in [0, 0.05) is 36.3 Å². The predicted octanol–water partition coefficient (Wildman–Crippen LogP) is 2.47. The second kappa shape index (κ2) is 12.1. The summed E-state index contributed by atoms with van der Waals surface area (Å²) < 4.78 is 16.7. The number of carbonyl (C=O) groups excluding carboxylic acids is 1. The Bertz CT molecular complexity index is 1250. The molecule has 3 aromatic rings. The van der Waals surface area contributed by atoms with Gasteiger partial charge in [0.25, 0.3) is 0 Å². The minimum atomic E-state index is -1.52. The van der Waals surface area contributed by atoms with Crippen LogP contribution in [0.2, 0.25) is 0 Å². The number of aliphatic carboxylic acids is 1. The van der Waals surface area contributed by atoms with Crippen molar-refractivity contribution in [2.75, 3.05) is 44.9 Å². The summed E-state index contributed by atoms with van der Waals surface area (Å²) in [4.78, 5) is 36.6. The number of carbonyl (C=O) groups is 2. The summed E-state index contributed by atoms with van der Waals surface area (Å²) in [7, 11) is 1.59. The van der Waals surface area contributed by atoms with E-state index in [0.29, 0.717) is 41.4 Å². The van der Waals surface area contributed by atoms with E-state index in [1.165, 1.54) is 0 Å². The highest BCUT2D eigenvalue weighted by Gasteiger charge is 2.52. The molecule has 1 aliphatic heterocycles. The van der Waals surface area contributed by atoms with Crippen molar-refractivity contribution in [2.45, 2.75) is 25.5 Å². The number of anilines is 1. The number of nitrogens with one attached hydrogen (secondary N) is 1. The molecule has 0 aliphatic carbocycles. The van der Waals surface area contributed by atoms with E-state index in [0.717, 1.165) is 0 Å². The van der Waals surface area contributed by atoms with E-state index in [9.17, 15) is 14.7 Å². The zero-order valence-electron chi connectivity index (χ0n) is 21.7. The molecule has 2 N–H and O–H groups in total. The van der Waals surface area contributed by atoms with Crippen molar-refractivity contribution in [2.24, 2.45) is 0 Å². The van der Waals surface area contributed by atoms with E-state index in [1.54, 1.807) is 38.0 Å². The fraction of sp³-hybridized carbons (Fsp3) is 0.357. The number of ether oxygens (including phenoxy) is 3. The van der Waals surface area contributed by atoms with Crippen LogP contribution in [-0.2, 0) is 24.6 Å². The first-order valence-corrected chi connectivity index (χ1v) is 12.4. The van der Waals surface area contributed by atoms with Gasteiger partial charge in [0.05, 0.1) is 26.4 Å². The maximum atomic E-state index is 13.4. The number of para-hydroxylation sites is 1. The molecular weight excluding hydrogens is 488 g/mol. The molecule has 1 aliphatic rings. The summed E-state index contributed by atoms with van der Waals surface area (Å²) in [6.45, 7) is 4.85. The van der Waals surface area contributed by atoms with Crippen LogP contribution in [0.15, 0.2) is 60.7 Å². The van der Waals surface area contributed by atoms with E-state index >= 15 is 0 Å². The lowest BCUT2D eigenvalue weighted by molar-refractivity contribution is -0.149. The first-order chi connectivity index (χ1) is 18.4. The maximum Gasteiger partial charge on any atom is 0.347 e. The third kappa shape index (κ3) is 5.67. The summed E-state index contributed by atoms with van der Waals surface area (Å²) in [6, 6.07) is 18.1. The highest BCUT2D eigenvalue weighted by molar-refractivity contribution is 5.97. The number of methoxy groups -OCH3 is 1. The highest BCUT2D eigenvalue weighted by Crippen LogP contribution is 2.42. The van der Waals surface area contributed by atoms with Crippen molar-refractivity contribution in [1.82, 2.24) is 15.3 Å². The van der Waals surface area contributed by atoms with Crippen molar-refractivity contribution < 1.29 is 28.9 Å². The molecule has 2 unspecified atom stereocenters. The van der Waals surface area contributed by atoms with Crippen molar-refractivity contribution in [3.63, 3.8) is 0 Å². The number of aryl methyl sites for hydroxylation is 2. The van der Waals surface area contributed by atoms with Crippen LogP contribution in [0.25, 0.3) is 0 Å². The number of nitrogens with zero attached hydrogens (tertiary/aromatic N) is 3. The number of fused-ring (bicyclic) bond motifs is 1. The molecule has 0 saturated carbocycles. The van der Waals surface area contributed by atoms with E-state index in [2.05, 4.69) is 15.3 Å².